The monoisotopic (exact) mass is 238 g/mol. The molecule has 1 aromatic carbocycles. The maximum atomic E-state index is 12.1. The van der Waals surface area contributed by atoms with E-state index in [9.17, 15) is 19.2 Å². The summed E-state index contributed by atoms with van der Waals surface area (Å²) in [7, 11) is 0. The van der Waals surface area contributed by atoms with Crippen LogP contribution in [0.3, 0.4) is 0 Å². The van der Waals surface area contributed by atoms with Crippen molar-refractivity contribution in [2.45, 2.75) is 0 Å². The standard InChI is InChI=1S/C14H6O4/c15-9-5-6-10(16)12-11(9)13(17)7-3-1-2-4-8(7)14(12)18/h1-6H. The molecule has 0 unspecified atom stereocenters. The Balaban J connectivity index is 3.02. The zero-order chi connectivity index (χ0) is 12.9. The van der Waals surface area contributed by atoms with Gasteiger partial charge in [0.05, 0.1) is 10.4 Å². The molecule has 0 bridgehead atoms. The third-order valence-corrected chi connectivity index (χ3v) is 3.00. The molecular weight excluding hydrogens is 232 g/mol. The minimum atomic E-state index is -0.586. The van der Waals surface area contributed by atoms with Crippen LogP contribution in [-0.4, -0.2) is 0 Å². The van der Waals surface area contributed by atoms with Gasteiger partial charge in [0.2, 0.25) is 0 Å². The van der Waals surface area contributed by atoms with Gasteiger partial charge in [0.15, 0.2) is 21.7 Å². The number of benzene rings is 1. The molecule has 0 amide bonds. The van der Waals surface area contributed by atoms with E-state index >= 15 is 0 Å². The lowest BCUT2D eigenvalue weighted by atomic mass is 10.0. The molecule has 0 heterocycles. The van der Waals surface area contributed by atoms with Crippen LogP contribution < -0.4 is 21.7 Å². The van der Waals surface area contributed by atoms with Crippen LogP contribution in [0.15, 0.2) is 55.6 Å². The summed E-state index contributed by atoms with van der Waals surface area (Å²) in [5.74, 6) is 0. The Morgan fingerprint density at radius 2 is 0.944 bits per heavy atom. The third kappa shape index (κ3) is 1.20. The van der Waals surface area contributed by atoms with E-state index in [1.807, 2.05) is 0 Å². The first-order valence-electron chi connectivity index (χ1n) is 5.30. The van der Waals surface area contributed by atoms with Gasteiger partial charge in [-0.25, -0.2) is 0 Å². The fraction of sp³-hybridized carbons (Fsp3) is 0. The summed E-state index contributed by atoms with van der Waals surface area (Å²) in [6.45, 7) is 0. The van der Waals surface area contributed by atoms with Crippen molar-refractivity contribution in [2.75, 3.05) is 0 Å². The Morgan fingerprint density at radius 1 is 0.556 bits per heavy atom. The Hall–Kier alpha value is -2.62. The van der Waals surface area contributed by atoms with Crippen molar-refractivity contribution in [2.24, 2.45) is 0 Å². The fourth-order valence-corrected chi connectivity index (χ4v) is 2.16. The summed E-state index contributed by atoms with van der Waals surface area (Å²) in [5.41, 5.74) is -2.28. The van der Waals surface area contributed by atoms with Gasteiger partial charge in [-0.15, -0.1) is 0 Å². The number of fused-ring (bicyclic) bond motifs is 1. The second-order valence-corrected chi connectivity index (χ2v) is 4.02. The molecule has 0 aliphatic heterocycles. The van der Waals surface area contributed by atoms with E-state index in [1.165, 1.54) is 12.1 Å². The quantitative estimate of drug-likeness (QED) is 0.547. The minimum absolute atomic E-state index is 0.178. The fourth-order valence-electron chi connectivity index (χ4n) is 2.16. The normalized spacial score (nSPS) is 11.1. The van der Waals surface area contributed by atoms with E-state index in [0.717, 1.165) is 12.1 Å². The maximum Gasteiger partial charge on any atom is 0.198 e. The molecule has 0 atom stereocenters. The number of hydrogen-bond acceptors (Lipinski definition) is 4. The molecule has 0 N–H and O–H groups in total. The SMILES string of the molecule is O=c1ccc(=O)c2c(=O)c3ccccc3c(=O)c1=2. The molecule has 0 fully saturated rings. The van der Waals surface area contributed by atoms with Crippen LogP contribution in [0.4, 0.5) is 0 Å². The van der Waals surface area contributed by atoms with Gasteiger partial charge in [-0.3, -0.25) is 19.2 Å². The Bertz CT molecular complexity index is 955. The van der Waals surface area contributed by atoms with Crippen molar-refractivity contribution < 1.29 is 0 Å². The van der Waals surface area contributed by atoms with Crippen molar-refractivity contribution in [3.8, 4) is 0 Å². The molecule has 3 rings (SSSR count). The van der Waals surface area contributed by atoms with E-state index in [0.29, 0.717) is 0 Å². The molecule has 0 saturated carbocycles. The Labute approximate surface area is 99.1 Å². The lowest BCUT2D eigenvalue weighted by Crippen LogP contribution is -2.27. The van der Waals surface area contributed by atoms with Gasteiger partial charge in [-0.05, 0) is 12.1 Å². The number of hydrogen-bond donors (Lipinski definition) is 0. The Kier molecular flexibility index (Phi) is 2.01. The molecule has 18 heavy (non-hydrogen) atoms. The molecule has 0 aromatic heterocycles. The first-order chi connectivity index (χ1) is 8.61. The van der Waals surface area contributed by atoms with Crippen LogP contribution in [-0.2, 0) is 0 Å². The molecule has 86 valence electrons. The van der Waals surface area contributed by atoms with Gasteiger partial charge < -0.3 is 0 Å². The Morgan fingerprint density at radius 3 is 1.33 bits per heavy atom. The first kappa shape index (κ1) is 10.5. The molecule has 2 aliphatic carbocycles. The predicted molar refractivity (Wildman–Crippen MR) is 66.7 cm³/mol. The molecule has 4 nitrogen and oxygen atoms in total. The molecule has 4 heteroatoms. The lowest BCUT2D eigenvalue weighted by Gasteiger charge is -1.95. The summed E-state index contributed by atoms with van der Waals surface area (Å²) in [4.78, 5) is 47.6. The van der Waals surface area contributed by atoms with E-state index < -0.39 is 21.7 Å². The smallest absolute Gasteiger partial charge is 0.198 e. The van der Waals surface area contributed by atoms with Gasteiger partial charge in [0.1, 0.15) is 0 Å². The highest BCUT2D eigenvalue weighted by Gasteiger charge is 2.11. The summed E-state index contributed by atoms with van der Waals surface area (Å²) >= 11 is 0. The average Bonchev–Trinajstić information content (AvgIpc) is 2.38. The average molecular weight is 238 g/mol. The van der Waals surface area contributed by atoms with E-state index in [4.69, 9.17) is 0 Å². The topological polar surface area (TPSA) is 68.3 Å². The van der Waals surface area contributed by atoms with Crippen LogP contribution in [0.2, 0.25) is 0 Å². The molecule has 0 radical (unpaired) electrons. The van der Waals surface area contributed by atoms with Crippen molar-refractivity contribution in [3.63, 3.8) is 0 Å². The highest BCUT2D eigenvalue weighted by Crippen LogP contribution is 2.03. The predicted octanol–water partition coefficient (Wildman–Crippen LogP) is -0.119. The summed E-state index contributed by atoms with van der Waals surface area (Å²) < 4.78 is 0. The molecular formula is C14H6O4. The van der Waals surface area contributed by atoms with Gasteiger partial charge >= 0.3 is 0 Å². The lowest BCUT2D eigenvalue weighted by molar-refractivity contribution is 1.31. The highest BCUT2D eigenvalue weighted by atomic mass is 16.1. The van der Waals surface area contributed by atoms with Crippen LogP contribution >= 0.6 is 0 Å². The first-order valence-corrected chi connectivity index (χ1v) is 5.30. The molecule has 1 aromatic rings. The second kappa shape index (κ2) is 3.43. The molecule has 0 spiro atoms. The van der Waals surface area contributed by atoms with Crippen LogP contribution in [0.25, 0.3) is 10.8 Å². The highest BCUT2D eigenvalue weighted by molar-refractivity contribution is 5.82. The summed E-state index contributed by atoms with van der Waals surface area (Å²) in [5, 5.41) is -0.243. The van der Waals surface area contributed by atoms with Crippen LogP contribution in [0.5, 0.6) is 0 Å². The molecule has 0 saturated heterocycles. The maximum absolute atomic E-state index is 12.1. The largest absolute Gasteiger partial charge is 0.289 e. The minimum Gasteiger partial charge on any atom is -0.289 e. The summed E-state index contributed by atoms with van der Waals surface area (Å²) in [6, 6.07) is 8.24. The zero-order valence-electron chi connectivity index (χ0n) is 9.10. The summed E-state index contributed by atoms with van der Waals surface area (Å²) in [6.07, 6.45) is 0. The van der Waals surface area contributed by atoms with Crippen molar-refractivity contribution in [1.29, 1.82) is 0 Å². The van der Waals surface area contributed by atoms with Gasteiger partial charge in [0.25, 0.3) is 0 Å². The zero-order valence-corrected chi connectivity index (χ0v) is 9.10. The number of rotatable bonds is 0. The van der Waals surface area contributed by atoms with E-state index in [2.05, 4.69) is 0 Å². The second-order valence-electron chi connectivity index (χ2n) is 4.02. The van der Waals surface area contributed by atoms with Crippen molar-refractivity contribution in [1.82, 2.24) is 0 Å². The van der Waals surface area contributed by atoms with Crippen molar-refractivity contribution in [3.05, 3.63) is 87.7 Å². The van der Waals surface area contributed by atoms with Crippen LogP contribution in [0, 0.1) is 10.4 Å². The van der Waals surface area contributed by atoms with E-state index in [-0.39, 0.29) is 21.2 Å². The van der Waals surface area contributed by atoms with Crippen LogP contribution in [0.1, 0.15) is 0 Å². The third-order valence-electron chi connectivity index (χ3n) is 3.00. The van der Waals surface area contributed by atoms with Gasteiger partial charge in [-0.1, -0.05) is 24.3 Å². The van der Waals surface area contributed by atoms with E-state index in [1.54, 1.807) is 12.1 Å². The van der Waals surface area contributed by atoms with Gasteiger partial charge in [0, 0.05) is 10.8 Å². The molecule has 2 aliphatic rings. The van der Waals surface area contributed by atoms with Crippen molar-refractivity contribution >= 4 is 10.8 Å². The van der Waals surface area contributed by atoms with Gasteiger partial charge in [-0.2, -0.15) is 0 Å².